The molecule has 2 aliphatic rings. The maximum absolute atomic E-state index is 13.9. The minimum Gasteiger partial charge on any atom is -0.593 e. The van der Waals surface area contributed by atoms with Gasteiger partial charge in [-0.15, -0.1) is 4.72 Å². The number of rotatable bonds is 2. The van der Waals surface area contributed by atoms with Crippen molar-refractivity contribution in [2.24, 2.45) is 0 Å². The molecule has 2 aliphatic heterocycles. The Balaban J connectivity index is 1.57. The quantitative estimate of drug-likeness (QED) is 0.804. The van der Waals surface area contributed by atoms with Gasteiger partial charge in [-0.3, -0.25) is 9.88 Å². The molecule has 2 aromatic rings. The molecule has 1 fully saturated rings. The molecular formula is C17H17F2N3O3S. The summed E-state index contributed by atoms with van der Waals surface area (Å²) in [5.41, 5.74) is -0.787. The third kappa shape index (κ3) is 3.11. The van der Waals surface area contributed by atoms with Crippen LogP contribution in [-0.2, 0) is 21.2 Å². The largest absolute Gasteiger partial charge is 0.593 e. The second-order valence-corrected chi connectivity index (χ2v) is 8.33. The van der Waals surface area contributed by atoms with Crippen LogP contribution in [0, 0.1) is 11.6 Å². The SMILES string of the molecule is O=[S+]1([O-])NCC2(CCN(Cc3c(F)cccc3F)C2)Oc2ccncc21. The summed E-state index contributed by atoms with van der Waals surface area (Å²) in [4.78, 5) is 5.71. The fourth-order valence-electron chi connectivity index (χ4n) is 3.42. The molecule has 1 spiro atoms. The predicted molar refractivity (Wildman–Crippen MR) is 88.9 cm³/mol. The van der Waals surface area contributed by atoms with Crippen LogP contribution in [0.2, 0.25) is 0 Å². The first-order chi connectivity index (χ1) is 12.4. The monoisotopic (exact) mass is 381 g/mol. The van der Waals surface area contributed by atoms with Gasteiger partial charge in [0.15, 0.2) is 16.1 Å². The Kier molecular flexibility index (Phi) is 4.26. The van der Waals surface area contributed by atoms with Crippen molar-refractivity contribution in [1.29, 1.82) is 0 Å². The summed E-state index contributed by atoms with van der Waals surface area (Å²) in [6, 6.07) is 5.29. The Hall–Kier alpha value is -1.94. The fraction of sp³-hybridized carbons (Fsp3) is 0.353. The maximum Gasteiger partial charge on any atom is 0.235 e. The first-order valence-electron chi connectivity index (χ1n) is 8.17. The number of pyridine rings is 1. The van der Waals surface area contributed by atoms with Crippen molar-refractivity contribution >= 4 is 10.4 Å². The van der Waals surface area contributed by atoms with Crippen LogP contribution in [0.5, 0.6) is 5.75 Å². The summed E-state index contributed by atoms with van der Waals surface area (Å²) in [7, 11) is -3.71. The Morgan fingerprint density at radius 2 is 2.12 bits per heavy atom. The summed E-state index contributed by atoms with van der Waals surface area (Å²) in [5.74, 6) is -0.946. The molecule has 6 nitrogen and oxygen atoms in total. The van der Waals surface area contributed by atoms with Gasteiger partial charge in [0.05, 0.1) is 12.7 Å². The average Bonchev–Trinajstić information content (AvgIpc) is 2.95. The van der Waals surface area contributed by atoms with Crippen molar-refractivity contribution < 1.29 is 22.3 Å². The number of aromatic nitrogens is 1. The Morgan fingerprint density at radius 1 is 1.35 bits per heavy atom. The summed E-state index contributed by atoms with van der Waals surface area (Å²) in [6.07, 6.45) is 3.25. The standard InChI is InChI=1S/C17H17F2N3O3S/c18-13-2-1-3-14(19)12(13)9-22-7-5-17(11-22)10-21-26(23,24)16-8-20-6-4-15(16)25-17/h1-4,6,8H,5,7,9-11H2,(H-,21,23,24). The van der Waals surface area contributed by atoms with Gasteiger partial charge in [-0.25, -0.2) is 8.78 Å². The van der Waals surface area contributed by atoms with Crippen LogP contribution in [0.25, 0.3) is 0 Å². The molecule has 1 aromatic carbocycles. The second-order valence-electron chi connectivity index (χ2n) is 6.59. The molecule has 3 heterocycles. The maximum atomic E-state index is 13.9. The highest BCUT2D eigenvalue weighted by atomic mass is 32.3. The number of nitrogens with one attached hydrogen (secondary N) is 1. The van der Waals surface area contributed by atoms with Gasteiger partial charge in [0.1, 0.15) is 17.2 Å². The van der Waals surface area contributed by atoms with E-state index in [9.17, 15) is 17.5 Å². The van der Waals surface area contributed by atoms with Crippen LogP contribution in [-0.4, -0.2) is 39.7 Å². The lowest BCUT2D eigenvalue weighted by molar-refractivity contribution is 0.0796. The molecule has 0 bridgehead atoms. The third-order valence-electron chi connectivity index (χ3n) is 4.79. The van der Waals surface area contributed by atoms with Crippen LogP contribution < -0.4 is 9.46 Å². The van der Waals surface area contributed by atoms with Crippen LogP contribution in [0.15, 0.2) is 41.6 Å². The van der Waals surface area contributed by atoms with Gasteiger partial charge in [0.25, 0.3) is 0 Å². The van der Waals surface area contributed by atoms with E-state index in [0.717, 1.165) is 0 Å². The highest BCUT2D eigenvalue weighted by Gasteiger charge is 2.46. The van der Waals surface area contributed by atoms with E-state index < -0.39 is 27.6 Å². The molecule has 1 aromatic heterocycles. The zero-order valence-electron chi connectivity index (χ0n) is 13.8. The molecule has 4 rings (SSSR count). The normalized spacial score (nSPS) is 28.6. The topological polar surface area (TPSA) is 77.5 Å². The van der Waals surface area contributed by atoms with Gasteiger partial charge in [0, 0.05) is 43.9 Å². The number of halogens is 2. The lowest BCUT2D eigenvalue weighted by atomic mass is 10.0. The van der Waals surface area contributed by atoms with Gasteiger partial charge >= 0.3 is 0 Å². The summed E-state index contributed by atoms with van der Waals surface area (Å²) >= 11 is 0. The second kappa shape index (κ2) is 6.34. The first-order valence-corrected chi connectivity index (χ1v) is 9.65. The number of ether oxygens (including phenoxy) is 1. The van der Waals surface area contributed by atoms with Crippen molar-refractivity contribution in [3.05, 3.63) is 53.9 Å². The number of hydrogen-bond acceptors (Lipinski definition) is 5. The Bertz CT molecular complexity index is 877. The van der Waals surface area contributed by atoms with Gasteiger partial charge in [-0.1, -0.05) is 10.3 Å². The van der Waals surface area contributed by atoms with Crippen molar-refractivity contribution in [2.75, 3.05) is 19.6 Å². The zero-order chi connectivity index (χ0) is 18.4. The van der Waals surface area contributed by atoms with E-state index in [1.54, 1.807) is 0 Å². The molecule has 26 heavy (non-hydrogen) atoms. The van der Waals surface area contributed by atoms with E-state index in [1.165, 1.54) is 36.7 Å². The minimum absolute atomic E-state index is 0.00310. The molecule has 1 N–H and O–H groups in total. The predicted octanol–water partition coefficient (Wildman–Crippen LogP) is 1.89. The molecule has 0 aliphatic carbocycles. The van der Waals surface area contributed by atoms with E-state index in [0.29, 0.717) is 19.5 Å². The van der Waals surface area contributed by atoms with Crippen molar-refractivity contribution in [1.82, 2.24) is 14.6 Å². The highest BCUT2D eigenvalue weighted by Crippen LogP contribution is 2.36. The van der Waals surface area contributed by atoms with E-state index in [1.807, 2.05) is 4.90 Å². The summed E-state index contributed by atoms with van der Waals surface area (Å²) in [5, 5.41) is 0. The molecular weight excluding hydrogens is 364 g/mol. The fourth-order valence-corrected chi connectivity index (χ4v) is 4.61. The van der Waals surface area contributed by atoms with Gasteiger partial charge < -0.3 is 9.29 Å². The molecule has 0 radical (unpaired) electrons. The molecule has 1 saturated heterocycles. The molecule has 0 amide bonds. The Morgan fingerprint density at radius 3 is 2.88 bits per heavy atom. The van der Waals surface area contributed by atoms with Crippen molar-refractivity contribution in [3.63, 3.8) is 0 Å². The van der Waals surface area contributed by atoms with Crippen LogP contribution in [0.1, 0.15) is 12.0 Å². The molecule has 2 atom stereocenters. The van der Waals surface area contributed by atoms with Crippen LogP contribution >= 0.6 is 0 Å². The molecule has 2 unspecified atom stereocenters. The van der Waals surface area contributed by atoms with Gasteiger partial charge in [-0.05, 0) is 12.1 Å². The van der Waals surface area contributed by atoms with Crippen LogP contribution in [0.4, 0.5) is 8.78 Å². The van der Waals surface area contributed by atoms with E-state index in [-0.39, 0.29) is 29.3 Å². The van der Waals surface area contributed by atoms with E-state index in [4.69, 9.17) is 4.74 Å². The van der Waals surface area contributed by atoms with Crippen LogP contribution in [0.3, 0.4) is 0 Å². The molecule has 138 valence electrons. The number of likely N-dealkylation sites (tertiary alicyclic amines) is 1. The number of nitrogens with zero attached hydrogens (tertiary/aromatic N) is 2. The average molecular weight is 381 g/mol. The lowest BCUT2D eigenvalue weighted by Gasteiger charge is -2.28. The summed E-state index contributed by atoms with van der Waals surface area (Å²) in [6.45, 7) is 1.07. The minimum atomic E-state index is -3.71. The van der Waals surface area contributed by atoms with Gasteiger partial charge in [-0.2, -0.15) is 0 Å². The smallest absolute Gasteiger partial charge is 0.235 e. The zero-order valence-corrected chi connectivity index (χ0v) is 14.6. The highest BCUT2D eigenvalue weighted by molar-refractivity contribution is 7.95. The lowest BCUT2D eigenvalue weighted by Crippen LogP contribution is -2.48. The molecule has 0 saturated carbocycles. The van der Waals surface area contributed by atoms with Gasteiger partial charge in [0.2, 0.25) is 4.90 Å². The third-order valence-corrected chi connectivity index (χ3v) is 6.20. The Labute approximate surface area is 150 Å². The number of fused-ring (bicyclic) bond motifs is 1. The van der Waals surface area contributed by atoms with E-state index in [2.05, 4.69) is 9.71 Å². The van der Waals surface area contributed by atoms with Crippen molar-refractivity contribution in [2.45, 2.75) is 23.5 Å². The van der Waals surface area contributed by atoms with E-state index >= 15 is 0 Å². The van der Waals surface area contributed by atoms with Crippen molar-refractivity contribution in [3.8, 4) is 5.75 Å². The first kappa shape index (κ1) is 17.5. The number of benzene rings is 1. The number of hydrogen-bond donors (Lipinski definition) is 1. The molecule has 9 heteroatoms. The summed E-state index contributed by atoms with van der Waals surface area (Å²) < 4.78 is 61.1. The number of sulfonamides is 1.